The van der Waals surface area contributed by atoms with Gasteiger partial charge in [0.1, 0.15) is 11.5 Å². The van der Waals surface area contributed by atoms with E-state index in [9.17, 15) is 0 Å². The zero-order chi connectivity index (χ0) is 14.4. The van der Waals surface area contributed by atoms with Crippen LogP contribution in [0.25, 0.3) is 0 Å². The highest BCUT2D eigenvalue weighted by molar-refractivity contribution is 6.30. The molecule has 0 heterocycles. The lowest BCUT2D eigenvalue weighted by atomic mass is 10.2. The number of unbranched alkanes of at least 4 members (excludes halogenated alkanes) is 1. The minimum Gasteiger partial charge on any atom is -0.457 e. The molecule has 3 heteroatoms. The van der Waals surface area contributed by atoms with Crippen molar-refractivity contribution in [1.29, 1.82) is 0 Å². The SMILES string of the molecule is CCCCN(C)c1ccc(Oc2ccc(Cl)cc2)cc1. The first-order valence-electron chi connectivity index (χ1n) is 6.93. The molecule has 0 fully saturated rings. The van der Waals surface area contributed by atoms with Crippen LogP contribution < -0.4 is 9.64 Å². The van der Waals surface area contributed by atoms with E-state index in [1.54, 1.807) is 0 Å². The Morgan fingerprint density at radius 3 is 2.05 bits per heavy atom. The second-order valence-electron chi connectivity index (χ2n) is 4.82. The van der Waals surface area contributed by atoms with Crippen LogP contribution in [0.3, 0.4) is 0 Å². The Morgan fingerprint density at radius 2 is 1.50 bits per heavy atom. The van der Waals surface area contributed by atoms with Gasteiger partial charge >= 0.3 is 0 Å². The Hall–Kier alpha value is -1.67. The van der Waals surface area contributed by atoms with Crippen molar-refractivity contribution in [2.75, 3.05) is 18.5 Å². The summed E-state index contributed by atoms with van der Waals surface area (Å²) in [6.45, 7) is 3.28. The molecule has 0 aromatic heterocycles. The Morgan fingerprint density at radius 1 is 0.950 bits per heavy atom. The summed E-state index contributed by atoms with van der Waals surface area (Å²) in [5, 5.41) is 0.713. The molecule has 20 heavy (non-hydrogen) atoms. The predicted molar refractivity (Wildman–Crippen MR) is 86.1 cm³/mol. The molecule has 0 N–H and O–H groups in total. The van der Waals surface area contributed by atoms with Crippen LogP contribution in [0.4, 0.5) is 5.69 Å². The average Bonchev–Trinajstić information content (AvgIpc) is 2.48. The lowest BCUT2D eigenvalue weighted by Crippen LogP contribution is -2.17. The Labute approximate surface area is 125 Å². The number of nitrogens with zero attached hydrogens (tertiary/aromatic N) is 1. The van der Waals surface area contributed by atoms with Crippen LogP contribution in [-0.4, -0.2) is 13.6 Å². The van der Waals surface area contributed by atoms with Gasteiger partial charge in [0.25, 0.3) is 0 Å². The molecule has 2 nitrogen and oxygen atoms in total. The van der Waals surface area contributed by atoms with Gasteiger partial charge in [-0.1, -0.05) is 24.9 Å². The summed E-state index contributed by atoms with van der Waals surface area (Å²) in [7, 11) is 2.12. The summed E-state index contributed by atoms with van der Waals surface area (Å²) in [4.78, 5) is 2.26. The number of anilines is 1. The molecular weight excluding hydrogens is 270 g/mol. The van der Waals surface area contributed by atoms with E-state index >= 15 is 0 Å². The van der Waals surface area contributed by atoms with Gasteiger partial charge < -0.3 is 9.64 Å². The van der Waals surface area contributed by atoms with E-state index in [4.69, 9.17) is 16.3 Å². The molecular formula is C17H20ClNO. The van der Waals surface area contributed by atoms with Gasteiger partial charge in [0.05, 0.1) is 0 Å². The van der Waals surface area contributed by atoms with Gasteiger partial charge in [0.15, 0.2) is 0 Å². The van der Waals surface area contributed by atoms with Crippen molar-refractivity contribution in [2.45, 2.75) is 19.8 Å². The molecule has 106 valence electrons. The highest BCUT2D eigenvalue weighted by atomic mass is 35.5. The minimum absolute atomic E-state index is 0.713. The highest BCUT2D eigenvalue weighted by Crippen LogP contribution is 2.25. The summed E-state index contributed by atoms with van der Waals surface area (Å²) in [5.41, 5.74) is 1.21. The van der Waals surface area contributed by atoms with E-state index in [0.717, 1.165) is 18.0 Å². The molecule has 2 aromatic rings. The van der Waals surface area contributed by atoms with Crippen LogP contribution in [0.2, 0.25) is 5.02 Å². The third-order valence-electron chi connectivity index (χ3n) is 3.17. The molecule has 0 atom stereocenters. The summed E-state index contributed by atoms with van der Waals surface area (Å²) in [6.07, 6.45) is 2.42. The smallest absolute Gasteiger partial charge is 0.127 e. The normalized spacial score (nSPS) is 10.3. The number of hydrogen-bond acceptors (Lipinski definition) is 2. The van der Waals surface area contributed by atoms with E-state index < -0.39 is 0 Å². The molecule has 0 saturated heterocycles. The van der Waals surface area contributed by atoms with Crippen molar-refractivity contribution < 1.29 is 4.74 Å². The number of benzene rings is 2. The Balaban J connectivity index is 1.99. The standard InChI is InChI=1S/C17H20ClNO/c1-3-4-13-19(2)15-7-11-17(12-8-15)20-16-9-5-14(18)6-10-16/h5-12H,3-4,13H2,1-2H3. The molecule has 2 aromatic carbocycles. The van der Waals surface area contributed by atoms with Crippen molar-refractivity contribution in [3.05, 3.63) is 53.6 Å². The molecule has 0 radical (unpaired) electrons. The van der Waals surface area contributed by atoms with Gasteiger partial charge in [-0.25, -0.2) is 0 Å². The lowest BCUT2D eigenvalue weighted by Gasteiger charge is -2.19. The zero-order valence-corrected chi connectivity index (χ0v) is 12.7. The molecule has 2 rings (SSSR count). The van der Waals surface area contributed by atoms with Crippen molar-refractivity contribution in [2.24, 2.45) is 0 Å². The third kappa shape index (κ3) is 4.17. The fourth-order valence-corrected chi connectivity index (χ4v) is 2.06. The number of ether oxygens (including phenoxy) is 1. The average molecular weight is 290 g/mol. The van der Waals surface area contributed by atoms with E-state index in [0.29, 0.717) is 5.02 Å². The molecule has 0 spiro atoms. The van der Waals surface area contributed by atoms with Gasteiger partial charge in [0, 0.05) is 24.3 Å². The quantitative estimate of drug-likeness (QED) is 0.709. The van der Waals surface area contributed by atoms with Crippen LogP contribution in [0.15, 0.2) is 48.5 Å². The van der Waals surface area contributed by atoms with Crippen LogP contribution >= 0.6 is 11.6 Å². The maximum absolute atomic E-state index is 5.85. The molecule has 0 aliphatic carbocycles. The lowest BCUT2D eigenvalue weighted by molar-refractivity contribution is 0.482. The van der Waals surface area contributed by atoms with Crippen molar-refractivity contribution in [3.8, 4) is 11.5 Å². The fourth-order valence-electron chi connectivity index (χ4n) is 1.93. The monoisotopic (exact) mass is 289 g/mol. The first kappa shape index (κ1) is 14.7. The van der Waals surface area contributed by atoms with E-state index in [2.05, 4.69) is 31.0 Å². The summed E-state index contributed by atoms with van der Waals surface area (Å²) >= 11 is 5.85. The maximum atomic E-state index is 5.85. The topological polar surface area (TPSA) is 12.5 Å². The van der Waals surface area contributed by atoms with E-state index in [1.165, 1.54) is 18.5 Å². The second kappa shape index (κ2) is 7.20. The van der Waals surface area contributed by atoms with Crippen LogP contribution in [-0.2, 0) is 0 Å². The van der Waals surface area contributed by atoms with Gasteiger partial charge in [-0.3, -0.25) is 0 Å². The second-order valence-corrected chi connectivity index (χ2v) is 5.26. The Bertz CT molecular complexity index is 522. The van der Waals surface area contributed by atoms with Crippen molar-refractivity contribution in [3.63, 3.8) is 0 Å². The van der Waals surface area contributed by atoms with Gasteiger partial charge in [-0.15, -0.1) is 0 Å². The van der Waals surface area contributed by atoms with Crippen LogP contribution in [0, 0.1) is 0 Å². The first-order chi connectivity index (χ1) is 9.69. The van der Waals surface area contributed by atoms with Crippen LogP contribution in [0.1, 0.15) is 19.8 Å². The molecule has 0 aliphatic rings. The summed E-state index contributed by atoms with van der Waals surface area (Å²) < 4.78 is 5.77. The predicted octanol–water partition coefficient (Wildman–Crippen LogP) is 5.37. The van der Waals surface area contributed by atoms with Gasteiger partial charge in [-0.2, -0.15) is 0 Å². The molecule has 0 unspecified atom stereocenters. The Kier molecular flexibility index (Phi) is 5.31. The molecule has 0 bridgehead atoms. The van der Waals surface area contributed by atoms with Crippen molar-refractivity contribution in [1.82, 2.24) is 0 Å². The maximum Gasteiger partial charge on any atom is 0.127 e. The van der Waals surface area contributed by atoms with Crippen molar-refractivity contribution >= 4 is 17.3 Å². The largest absolute Gasteiger partial charge is 0.457 e. The van der Waals surface area contributed by atoms with Gasteiger partial charge in [-0.05, 0) is 55.0 Å². The van der Waals surface area contributed by atoms with E-state index in [1.807, 2.05) is 36.4 Å². The minimum atomic E-state index is 0.713. The summed E-state index contributed by atoms with van der Waals surface area (Å²) in [5.74, 6) is 1.63. The molecule has 0 amide bonds. The zero-order valence-electron chi connectivity index (χ0n) is 12.0. The van der Waals surface area contributed by atoms with Gasteiger partial charge in [0.2, 0.25) is 0 Å². The number of rotatable bonds is 6. The molecule has 0 aliphatic heterocycles. The highest BCUT2D eigenvalue weighted by Gasteiger charge is 2.02. The summed E-state index contributed by atoms with van der Waals surface area (Å²) in [6, 6.07) is 15.5. The van der Waals surface area contributed by atoms with E-state index in [-0.39, 0.29) is 0 Å². The third-order valence-corrected chi connectivity index (χ3v) is 3.43. The van der Waals surface area contributed by atoms with Crippen LogP contribution in [0.5, 0.6) is 11.5 Å². The molecule has 0 saturated carbocycles. The fraction of sp³-hybridized carbons (Fsp3) is 0.294. The number of halogens is 1. The first-order valence-corrected chi connectivity index (χ1v) is 7.31. The number of hydrogen-bond donors (Lipinski definition) is 0.